The van der Waals surface area contributed by atoms with Gasteiger partial charge >= 0.3 is 0 Å². The van der Waals surface area contributed by atoms with E-state index in [-0.39, 0.29) is 11.8 Å². The van der Waals surface area contributed by atoms with Crippen LogP contribution in [0.25, 0.3) is 5.65 Å². The Morgan fingerprint density at radius 2 is 2.04 bits per heavy atom. The van der Waals surface area contributed by atoms with Crippen molar-refractivity contribution in [2.45, 2.75) is 26.2 Å². The fraction of sp³-hybridized carbons (Fsp3) is 0.400. The molecule has 7 nitrogen and oxygen atoms in total. The van der Waals surface area contributed by atoms with Gasteiger partial charge in [0.15, 0.2) is 11.5 Å². The molecule has 3 aromatic rings. The lowest BCUT2D eigenvalue weighted by molar-refractivity contribution is -0.125. The van der Waals surface area contributed by atoms with E-state index in [1.807, 2.05) is 37.3 Å². The molecule has 0 spiro atoms. The van der Waals surface area contributed by atoms with Crippen LogP contribution in [-0.2, 0) is 11.2 Å². The van der Waals surface area contributed by atoms with Crippen molar-refractivity contribution in [3.05, 3.63) is 53.9 Å². The first-order valence-corrected chi connectivity index (χ1v) is 9.46. The maximum absolute atomic E-state index is 12.6. The molecule has 0 radical (unpaired) electrons. The lowest BCUT2D eigenvalue weighted by Gasteiger charge is -2.32. The lowest BCUT2D eigenvalue weighted by Crippen LogP contribution is -2.44. The number of anilines is 1. The van der Waals surface area contributed by atoms with Crippen LogP contribution in [-0.4, -0.2) is 45.4 Å². The molecule has 1 saturated heterocycles. The first kappa shape index (κ1) is 17.5. The molecule has 7 heteroatoms. The van der Waals surface area contributed by atoms with Gasteiger partial charge in [0.05, 0.1) is 5.92 Å². The average Bonchev–Trinajstić information content (AvgIpc) is 3.09. The van der Waals surface area contributed by atoms with Crippen LogP contribution >= 0.6 is 0 Å². The van der Waals surface area contributed by atoms with Gasteiger partial charge in [-0.2, -0.15) is 4.52 Å². The van der Waals surface area contributed by atoms with Crippen molar-refractivity contribution in [3.8, 4) is 0 Å². The minimum atomic E-state index is -0.00553. The molecule has 1 aromatic carbocycles. The normalized spacial score (nSPS) is 17.2. The molecule has 1 amide bonds. The topological polar surface area (TPSA) is 75.4 Å². The van der Waals surface area contributed by atoms with E-state index >= 15 is 0 Å². The summed E-state index contributed by atoms with van der Waals surface area (Å²) in [5, 5.41) is 15.9. The molecular formula is C20H24N6O. The highest BCUT2D eigenvalue weighted by Gasteiger charge is 2.26. The second-order valence-corrected chi connectivity index (χ2v) is 7.02. The van der Waals surface area contributed by atoms with E-state index in [0.717, 1.165) is 43.1 Å². The molecule has 27 heavy (non-hydrogen) atoms. The quantitative estimate of drug-likeness (QED) is 0.749. The third-order valence-electron chi connectivity index (χ3n) is 5.08. The smallest absolute Gasteiger partial charge is 0.224 e. The van der Waals surface area contributed by atoms with Crippen LogP contribution in [0.15, 0.2) is 42.5 Å². The molecule has 1 aliphatic heterocycles. The second kappa shape index (κ2) is 7.73. The minimum Gasteiger partial charge on any atom is -0.355 e. The number of amides is 1. The fourth-order valence-electron chi connectivity index (χ4n) is 3.57. The molecule has 140 valence electrons. The Morgan fingerprint density at radius 1 is 1.19 bits per heavy atom. The number of aromatic nitrogens is 4. The molecule has 1 N–H and O–H groups in total. The molecule has 1 fully saturated rings. The molecule has 0 bridgehead atoms. The van der Waals surface area contributed by atoms with Gasteiger partial charge in [0.25, 0.3) is 0 Å². The Balaban J connectivity index is 1.36. The summed E-state index contributed by atoms with van der Waals surface area (Å²) in [6, 6.07) is 14.1. The summed E-state index contributed by atoms with van der Waals surface area (Å²) in [7, 11) is 0. The average molecular weight is 364 g/mol. The SMILES string of the molecule is Cc1nnc2ccc(N3CCCC(C(=O)NCCc4ccccc4)C3)nn12. The van der Waals surface area contributed by atoms with Crippen LogP contribution < -0.4 is 10.2 Å². The largest absolute Gasteiger partial charge is 0.355 e. The second-order valence-electron chi connectivity index (χ2n) is 7.02. The van der Waals surface area contributed by atoms with E-state index in [4.69, 9.17) is 0 Å². The molecule has 0 aliphatic carbocycles. The third kappa shape index (κ3) is 3.92. The van der Waals surface area contributed by atoms with Gasteiger partial charge < -0.3 is 10.2 Å². The summed E-state index contributed by atoms with van der Waals surface area (Å²) in [6.07, 6.45) is 2.76. The van der Waals surface area contributed by atoms with Crippen molar-refractivity contribution in [1.29, 1.82) is 0 Å². The van der Waals surface area contributed by atoms with E-state index in [1.54, 1.807) is 4.52 Å². The molecule has 4 rings (SSSR count). The van der Waals surface area contributed by atoms with Crippen molar-refractivity contribution < 1.29 is 4.79 Å². The highest BCUT2D eigenvalue weighted by Crippen LogP contribution is 2.22. The van der Waals surface area contributed by atoms with Crippen molar-refractivity contribution in [2.75, 3.05) is 24.5 Å². The van der Waals surface area contributed by atoms with Gasteiger partial charge in [-0.1, -0.05) is 30.3 Å². The predicted molar refractivity (Wildman–Crippen MR) is 104 cm³/mol. The number of aryl methyl sites for hydroxylation is 1. The maximum Gasteiger partial charge on any atom is 0.224 e. The predicted octanol–water partition coefficient (Wildman–Crippen LogP) is 2.01. The molecular weight excluding hydrogens is 340 g/mol. The summed E-state index contributed by atoms with van der Waals surface area (Å²) >= 11 is 0. The Morgan fingerprint density at radius 3 is 2.89 bits per heavy atom. The molecule has 1 unspecified atom stereocenters. The number of hydrogen-bond donors (Lipinski definition) is 1. The highest BCUT2D eigenvalue weighted by molar-refractivity contribution is 5.79. The van der Waals surface area contributed by atoms with Crippen molar-refractivity contribution >= 4 is 17.4 Å². The van der Waals surface area contributed by atoms with Gasteiger partial charge in [0, 0.05) is 19.6 Å². The summed E-state index contributed by atoms with van der Waals surface area (Å²) < 4.78 is 1.75. The number of rotatable bonds is 5. The first-order chi connectivity index (χ1) is 13.2. The van der Waals surface area contributed by atoms with E-state index < -0.39 is 0 Å². The fourth-order valence-corrected chi connectivity index (χ4v) is 3.57. The zero-order chi connectivity index (χ0) is 18.6. The zero-order valence-corrected chi connectivity index (χ0v) is 15.5. The van der Waals surface area contributed by atoms with Crippen LogP contribution in [0, 0.1) is 12.8 Å². The number of nitrogens with zero attached hydrogens (tertiary/aromatic N) is 5. The van der Waals surface area contributed by atoms with Gasteiger partial charge in [0.2, 0.25) is 5.91 Å². The number of hydrogen-bond acceptors (Lipinski definition) is 5. The maximum atomic E-state index is 12.6. The van der Waals surface area contributed by atoms with Gasteiger partial charge in [-0.05, 0) is 43.9 Å². The van der Waals surface area contributed by atoms with Crippen molar-refractivity contribution in [2.24, 2.45) is 5.92 Å². The number of fused-ring (bicyclic) bond motifs is 1. The van der Waals surface area contributed by atoms with Gasteiger partial charge in [-0.15, -0.1) is 15.3 Å². The molecule has 1 atom stereocenters. The van der Waals surface area contributed by atoms with E-state index in [9.17, 15) is 4.79 Å². The number of benzene rings is 1. The third-order valence-corrected chi connectivity index (χ3v) is 5.08. The molecule has 2 aromatic heterocycles. The standard InChI is InChI=1S/C20H24N6O/c1-15-22-23-18-9-10-19(24-26(15)18)25-13-5-8-17(14-25)20(27)21-12-11-16-6-3-2-4-7-16/h2-4,6-7,9-10,17H,5,8,11-14H2,1H3,(H,21,27). The van der Waals surface area contributed by atoms with Gasteiger partial charge in [-0.3, -0.25) is 4.79 Å². The van der Waals surface area contributed by atoms with Crippen LogP contribution in [0.2, 0.25) is 0 Å². The highest BCUT2D eigenvalue weighted by atomic mass is 16.1. The number of carbonyl (C=O) groups is 1. The number of nitrogens with one attached hydrogen (secondary N) is 1. The van der Waals surface area contributed by atoms with Gasteiger partial charge in [-0.25, -0.2) is 0 Å². The molecule has 0 saturated carbocycles. The number of carbonyl (C=O) groups excluding carboxylic acids is 1. The first-order valence-electron chi connectivity index (χ1n) is 9.46. The Bertz CT molecular complexity index is 923. The lowest BCUT2D eigenvalue weighted by atomic mass is 9.97. The van der Waals surface area contributed by atoms with Crippen molar-refractivity contribution in [1.82, 2.24) is 25.1 Å². The minimum absolute atomic E-state index is 0.00553. The van der Waals surface area contributed by atoms with Crippen LogP contribution in [0.5, 0.6) is 0 Å². The van der Waals surface area contributed by atoms with E-state index in [1.165, 1.54) is 5.56 Å². The van der Waals surface area contributed by atoms with Crippen molar-refractivity contribution in [3.63, 3.8) is 0 Å². The van der Waals surface area contributed by atoms with Crippen LogP contribution in [0.4, 0.5) is 5.82 Å². The van der Waals surface area contributed by atoms with Gasteiger partial charge in [0.1, 0.15) is 5.82 Å². The summed E-state index contributed by atoms with van der Waals surface area (Å²) in [4.78, 5) is 14.8. The van der Waals surface area contributed by atoms with Crippen LogP contribution in [0.3, 0.4) is 0 Å². The Hall–Kier alpha value is -2.96. The number of piperidine rings is 1. The summed E-state index contributed by atoms with van der Waals surface area (Å²) in [5.41, 5.74) is 1.98. The van der Waals surface area contributed by atoms with E-state index in [0.29, 0.717) is 13.1 Å². The zero-order valence-electron chi connectivity index (χ0n) is 15.5. The molecule has 3 heterocycles. The monoisotopic (exact) mass is 364 g/mol. The Labute approximate surface area is 158 Å². The summed E-state index contributed by atoms with van der Waals surface area (Å²) in [5.74, 6) is 1.76. The van der Waals surface area contributed by atoms with Crippen LogP contribution in [0.1, 0.15) is 24.2 Å². The summed E-state index contributed by atoms with van der Waals surface area (Å²) in [6.45, 7) is 4.16. The molecule has 1 aliphatic rings. The van der Waals surface area contributed by atoms with E-state index in [2.05, 4.69) is 37.6 Å². The Kier molecular flexibility index (Phi) is 5.00.